The minimum atomic E-state index is -0.240. The van der Waals surface area contributed by atoms with Crippen LogP contribution in [0.2, 0.25) is 0 Å². The molecule has 0 saturated carbocycles. The summed E-state index contributed by atoms with van der Waals surface area (Å²) in [6.07, 6.45) is 0. The van der Waals surface area contributed by atoms with E-state index in [2.05, 4.69) is 16.8 Å². The largest absolute Gasteiger partial charge is 0.364 e. The molecule has 150 valence electrons. The van der Waals surface area contributed by atoms with Crippen LogP contribution >= 0.6 is 0 Å². The van der Waals surface area contributed by atoms with Crippen LogP contribution in [0, 0.1) is 20.8 Å². The summed E-state index contributed by atoms with van der Waals surface area (Å²) in [6.45, 7) is 9.26. The first-order valence-electron chi connectivity index (χ1n) is 10.1. The zero-order chi connectivity index (χ0) is 20.7. The van der Waals surface area contributed by atoms with Gasteiger partial charge in [-0.1, -0.05) is 35.9 Å². The van der Waals surface area contributed by atoms with Crippen molar-refractivity contribution in [2.24, 2.45) is 0 Å². The lowest BCUT2D eigenvalue weighted by Gasteiger charge is -2.34. The van der Waals surface area contributed by atoms with Gasteiger partial charge in [0.05, 0.1) is 11.3 Å². The maximum Gasteiger partial charge on any atom is 0.282 e. The van der Waals surface area contributed by atoms with Gasteiger partial charge in [0.25, 0.3) is 11.8 Å². The second-order valence-electron chi connectivity index (χ2n) is 8.09. The lowest BCUT2D eigenvalue weighted by molar-refractivity contribution is -0.120. The highest BCUT2D eigenvalue weighted by atomic mass is 16.2. The molecule has 0 N–H and O–H groups in total. The third-order valence-electron chi connectivity index (χ3n) is 5.97. The van der Waals surface area contributed by atoms with Gasteiger partial charge in [-0.2, -0.15) is 0 Å². The molecule has 5 heteroatoms. The number of nitrogens with zero attached hydrogens (tertiary/aromatic N) is 3. The molecule has 0 aromatic heterocycles. The van der Waals surface area contributed by atoms with Crippen LogP contribution in [0.3, 0.4) is 0 Å². The number of rotatable bonds is 3. The number of benzene rings is 2. The topological polar surface area (TPSA) is 43.9 Å². The van der Waals surface area contributed by atoms with E-state index in [1.807, 2.05) is 63.2 Å². The molecule has 0 atom stereocenters. The molecular formula is C24H27N3O2. The Kier molecular flexibility index (Phi) is 5.01. The number of carbonyl (C=O) groups excluding carboxylic acids is 2. The maximum atomic E-state index is 13.5. The molecule has 2 aliphatic rings. The van der Waals surface area contributed by atoms with Crippen LogP contribution in [0.5, 0.6) is 0 Å². The van der Waals surface area contributed by atoms with E-state index in [4.69, 9.17) is 0 Å². The average Bonchev–Trinajstić information content (AvgIpc) is 2.96. The molecule has 0 radical (unpaired) electrons. The SMILES string of the molecule is Cc1ccc(C2=C(N3CCN(C)CC3)C(=O)N(c3ccc(C)c(C)c3)C2=O)cc1. The first-order valence-corrected chi connectivity index (χ1v) is 10.1. The smallest absolute Gasteiger partial charge is 0.282 e. The summed E-state index contributed by atoms with van der Waals surface area (Å²) in [5.74, 6) is -0.464. The second kappa shape index (κ2) is 7.48. The Bertz CT molecular complexity index is 999. The van der Waals surface area contributed by atoms with Gasteiger partial charge in [0.2, 0.25) is 0 Å². The summed E-state index contributed by atoms with van der Waals surface area (Å²) in [5, 5.41) is 0. The summed E-state index contributed by atoms with van der Waals surface area (Å²) in [7, 11) is 2.08. The van der Waals surface area contributed by atoms with Crippen LogP contribution in [0.25, 0.3) is 5.57 Å². The molecular weight excluding hydrogens is 362 g/mol. The van der Waals surface area contributed by atoms with Gasteiger partial charge in [-0.15, -0.1) is 0 Å². The van der Waals surface area contributed by atoms with Crippen LogP contribution in [0.1, 0.15) is 22.3 Å². The minimum Gasteiger partial charge on any atom is -0.364 e. The Hall–Kier alpha value is -2.92. The average molecular weight is 389 g/mol. The predicted octanol–water partition coefficient (Wildman–Crippen LogP) is 3.14. The molecule has 29 heavy (non-hydrogen) atoms. The number of likely N-dealkylation sites (N-methyl/N-ethyl adjacent to an activating group) is 1. The van der Waals surface area contributed by atoms with Crippen LogP contribution in [0.15, 0.2) is 48.2 Å². The van der Waals surface area contributed by atoms with Crippen LogP contribution in [0.4, 0.5) is 5.69 Å². The molecule has 2 heterocycles. The molecule has 2 aromatic carbocycles. The van der Waals surface area contributed by atoms with Crippen molar-refractivity contribution >= 4 is 23.1 Å². The fourth-order valence-corrected chi connectivity index (χ4v) is 3.92. The number of aryl methyl sites for hydroxylation is 3. The fraction of sp³-hybridized carbons (Fsp3) is 0.333. The van der Waals surface area contributed by atoms with E-state index in [-0.39, 0.29) is 11.8 Å². The van der Waals surface area contributed by atoms with Gasteiger partial charge in [0.15, 0.2) is 0 Å². The van der Waals surface area contributed by atoms with Crippen molar-refractivity contribution in [2.75, 3.05) is 38.1 Å². The lowest BCUT2D eigenvalue weighted by Crippen LogP contribution is -2.46. The van der Waals surface area contributed by atoms with Gasteiger partial charge in [0, 0.05) is 26.2 Å². The number of hydrogen-bond acceptors (Lipinski definition) is 4. The quantitative estimate of drug-likeness (QED) is 0.757. The standard InChI is InChI=1S/C24H27N3O2/c1-16-5-8-19(9-6-16)21-22(26-13-11-25(4)12-14-26)24(29)27(23(21)28)20-10-7-17(2)18(3)15-20/h5-10,15H,11-14H2,1-4H3. The van der Waals surface area contributed by atoms with Crippen LogP contribution in [-0.4, -0.2) is 54.8 Å². The molecule has 4 rings (SSSR count). The Morgan fingerprint density at radius 3 is 2.03 bits per heavy atom. The summed E-state index contributed by atoms with van der Waals surface area (Å²) >= 11 is 0. The number of amides is 2. The van der Waals surface area contributed by atoms with Crippen molar-refractivity contribution in [3.05, 3.63) is 70.4 Å². The van der Waals surface area contributed by atoms with Gasteiger partial charge in [-0.3, -0.25) is 9.59 Å². The fourth-order valence-electron chi connectivity index (χ4n) is 3.92. The third kappa shape index (κ3) is 3.47. The van der Waals surface area contributed by atoms with Crippen molar-refractivity contribution in [2.45, 2.75) is 20.8 Å². The molecule has 1 saturated heterocycles. The van der Waals surface area contributed by atoms with Crippen molar-refractivity contribution in [3.8, 4) is 0 Å². The highest BCUT2D eigenvalue weighted by Gasteiger charge is 2.42. The zero-order valence-electron chi connectivity index (χ0n) is 17.5. The van der Waals surface area contributed by atoms with E-state index in [1.165, 1.54) is 4.90 Å². The van der Waals surface area contributed by atoms with Crippen LogP contribution in [-0.2, 0) is 9.59 Å². The van der Waals surface area contributed by atoms with E-state index >= 15 is 0 Å². The normalized spacial score (nSPS) is 18.2. The lowest BCUT2D eigenvalue weighted by atomic mass is 10.0. The monoisotopic (exact) mass is 389 g/mol. The molecule has 0 spiro atoms. The van der Waals surface area contributed by atoms with Gasteiger partial charge in [0.1, 0.15) is 5.70 Å². The zero-order valence-corrected chi connectivity index (χ0v) is 17.5. The van der Waals surface area contributed by atoms with E-state index < -0.39 is 0 Å². The second-order valence-corrected chi connectivity index (χ2v) is 8.09. The third-order valence-corrected chi connectivity index (χ3v) is 5.97. The molecule has 0 bridgehead atoms. The Morgan fingerprint density at radius 1 is 0.759 bits per heavy atom. The first-order chi connectivity index (χ1) is 13.9. The Balaban J connectivity index is 1.81. The van der Waals surface area contributed by atoms with E-state index in [0.717, 1.165) is 48.4 Å². The number of hydrogen-bond donors (Lipinski definition) is 0. The van der Waals surface area contributed by atoms with Gasteiger partial charge in [-0.25, -0.2) is 4.90 Å². The highest BCUT2D eigenvalue weighted by molar-refractivity contribution is 6.45. The predicted molar refractivity (Wildman–Crippen MR) is 116 cm³/mol. The molecule has 0 unspecified atom stereocenters. The highest BCUT2D eigenvalue weighted by Crippen LogP contribution is 2.35. The number of anilines is 1. The van der Waals surface area contributed by atoms with E-state index in [9.17, 15) is 9.59 Å². The summed E-state index contributed by atoms with van der Waals surface area (Å²) < 4.78 is 0. The number of imide groups is 1. The maximum absolute atomic E-state index is 13.5. The van der Waals surface area contributed by atoms with Crippen molar-refractivity contribution in [3.63, 3.8) is 0 Å². The summed E-state index contributed by atoms with van der Waals surface area (Å²) in [4.78, 5) is 32.7. The van der Waals surface area contributed by atoms with Crippen molar-refractivity contribution < 1.29 is 9.59 Å². The van der Waals surface area contributed by atoms with Crippen LogP contribution < -0.4 is 4.90 Å². The van der Waals surface area contributed by atoms with Gasteiger partial charge >= 0.3 is 0 Å². The van der Waals surface area contributed by atoms with Crippen molar-refractivity contribution in [1.29, 1.82) is 0 Å². The van der Waals surface area contributed by atoms with Crippen molar-refractivity contribution in [1.82, 2.24) is 9.80 Å². The van der Waals surface area contributed by atoms with E-state index in [1.54, 1.807) is 0 Å². The molecule has 2 aliphatic heterocycles. The molecule has 0 aliphatic carbocycles. The molecule has 2 aromatic rings. The molecule has 1 fully saturated rings. The molecule has 2 amide bonds. The minimum absolute atomic E-state index is 0.224. The number of carbonyl (C=O) groups is 2. The molecule has 5 nitrogen and oxygen atoms in total. The Morgan fingerprint density at radius 2 is 1.41 bits per heavy atom. The summed E-state index contributed by atoms with van der Waals surface area (Å²) in [6, 6.07) is 13.6. The van der Waals surface area contributed by atoms with Gasteiger partial charge < -0.3 is 9.80 Å². The Labute approximate surface area is 172 Å². The first kappa shape index (κ1) is 19.4. The van der Waals surface area contributed by atoms with E-state index in [0.29, 0.717) is 17.0 Å². The summed E-state index contributed by atoms with van der Waals surface area (Å²) in [5.41, 5.74) is 5.80. The van der Waals surface area contributed by atoms with Gasteiger partial charge in [-0.05, 0) is 56.6 Å². The number of piperazine rings is 1.